The molecule has 2 aromatic carbocycles. The third-order valence-electron chi connectivity index (χ3n) is 4.44. The van der Waals surface area contributed by atoms with Gasteiger partial charge >= 0.3 is 0 Å². The van der Waals surface area contributed by atoms with Crippen molar-refractivity contribution in [3.8, 4) is 6.07 Å². The van der Waals surface area contributed by atoms with E-state index in [0.717, 1.165) is 22.0 Å². The van der Waals surface area contributed by atoms with Crippen molar-refractivity contribution < 1.29 is 9.59 Å². The topological polar surface area (TPSA) is 101 Å². The van der Waals surface area contributed by atoms with Crippen LogP contribution < -0.4 is 11.1 Å². The Kier molecular flexibility index (Phi) is 5.28. The summed E-state index contributed by atoms with van der Waals surface area (Å²) in [4.78, 5) is 24.0. The summed E-state index contributed by atoms with van der Waals surface area (Å²) in [7, 11) is 0. The third-order valence-corrected chi connectivity index (χ3v) is 4.44. The van der Waals surface area contributed by atoms with E-state index in [1.165, 1.54) is 6.08 Å². The molecule has 1 heterocycles. The molecule has 0 aliphatic heterocycles. The van der Waals surface area contributed by atoms with Crippen LogP contribution in [0.25, 0.3) is 17.0 Å². The number of primary amides is 1. The third kappa shape index (κ3) is 3.94. The first-order valence-corrected chi connectivity index (χ1v) is 8.75. The van der Waals surface area contributed by atoms with Crippen molar-refractivity contribution in [2.45, 2.75) is 20.4 Å². The van der Waals surface area contributed by atoms with Crippen molar-refractivity contribution in [2.24, 2.45) is 5.73 Å². The van der Waals surface area contributed by atoms with Crippen LogP contribution in [0.15, 0.2) is 54.2 Å². The number of nitrogens with two attached hydrogens (primary N) is 1. The Bertz CT molecular complexity index is 1150. The van der Waals surface area contributed by atoms with Gasteiger partial charge in [0.25, 0.3) is 5.91 Å². The van der Waals surface area contributed by atoms with Gasteiger partial charge in [-0.25, -0.2) is 0 Å². The highest BCUT2D eigenvalue weighted by Crippen LogP contribution is 2.24. The molecule has 0 saturated heterocycles. The summed E-state index contributed by atoms with van der Waals surface area (Å²) in [5.74, 6) is -0.953. The van der Waals surface area contributed by atoms with Crippen LogP contribution in [0.5, 0.6) is 0 Å². The van der Waals surface area contributed by atoms with Crippen LogP contribution in [0, 0.1) is 25.2 Å². The SMILES string of the molecule is Cc1ccc(NC(=O)C(C#N)=Cc2cn(CC(N)=O)c3ccccc23)c(C)c1. The van der Waals surface area contributed by atoms with Crippen molar-refractivity contribution in [3.05, 3.63) is 70.9 Å². The number of hydrogen-bond donors (Lipinski definition) is 2. The summed E-state index contributed by atoms with van der Waals surface area (Å²) in [5, 5.41) is 13.1. The number of hydrogen-bond acceptors (Lipinski definition) is 3. The summed E-state index contributed by atoms with van der Waals surface area (Å²) in [5.41, 5.74) is 9.44. The number of fused-ring (bicyclic) bond motifs is 1. The summed E-state index contributed by atoms with van der Waals surface area (Å²) >= 11 is 0. The predicted molar refractivity (Wildman–Crippen MR) is 109 cm³/mol. The second kappa shape index (κ2) is 7.80. The fraction of sp³-hybridized carbons (Fsp3) is 0.136. The van der Waals surface area contributed by atoms with Crippen molar-refractivity contribution >= 4 is 34.5 Å². The molecule has 2 amide bonds. The van der Waals surface area contributed by atoms with Gasteiger partial charge in [-0.3, -0.25) is 9.59 Å². The number of aromatic nitrogens is 1. The minimum absolute atomic E-state index is 0.0188. The molecular weight excluding hydrogens is 352 g/mol. The maximum absolute atomic E-state index is 12.6. The number of nitrogens with zero attached hydrogens (tertiary/aromatic N) is 2. The van der Waals surface area contributed by atoms with Crippen molar-refractivity contribution in [3.63, 3.8) is 0 Å². The summed E-state index contributed by atoms with van der Waals surface area (Å²) in [6.07, 6.45) is 3.25. The molecule has 3 aromatic rings. The zero-order chi connectivity index (χ0) is 20.3. The Morgan fingerprint density at radius 3 is 2.64 bits per heavy atom. The van der Waals surface area contributed by atoms with Gasteiger partial charge < -0.3 is 15.6 Å². The van der Waals surface area contributed by atoms with Crippen molar-refractivity contribution in [1.82, 2.24) is 4.57 Å². The van der Waals surface area contributed by atoms with Gasteiger partial charge in [-0.05, 0) is 37.6 Å². The zero-order valence-corrected chi connectivity index (χ0v) is 15.7. The lowest BCUT2D eigenvalue weighted by molar-refractivity contribution is -0.118. The van der Waals surface area contributed by atoms with E-state index in [-0.39, 0.29) is 12.1 Å². The molecule has 6 heteroatoms. The van der Waals surface area contributed by atoms with Gasteiger partial charge in [0.2, 0.25) is 5.91 Å². The lowest BCUT2D eigenvalue weighted by Crippen LogP contribution is -2.17. The quantitative estimate of drug-likeness (QED) is 0.531. The van der Waals surface area contributed by atoms with Crippen LogP contribution in [0.1, 0.15) is 16.7 Å². The van der Waals surface area contributed by atoms with E-state index in [4.69, 9.17) is 5.73 Å². The molecule has 0 atom stereocenters. The van der Waals surface area contributed by atoms with Gasteiger partial charge in [-0.1, -0.05) is 35.9 Å². The van der Waals surface area contributed by atoms with E-state index in [1.807, 2.05) is 62.4 Å². The van der Waals surface area contributed by atoms with Crippen LogP contribution in [0.3, 0.4) is 0 Å². The van der Waals surface area contributed by atoms with Gasteiger partial charge in [0.05, 0.1) is 0 Å². The predicted octanol–water partition coefficient (Wildman–Crippen LogP) is 3.29. The molecular formula is C22H20N4O2. The normalized spacial score (nSPS) is 11.2. The molecule has 3 N–H and O–H groups in total. The highest BCUT2D eigenvalue weighted by atomic mass is 16.2. The molecule has 0 saturated carbocycles. The van der Waals surface area contributed by atoms with E-state index in [0.29, 0.717) is 11.3 Å². The molecule has 6 nitrogen and oxygen atoms in total. The molecule has 0 aliphatic carbocycles. The van der Waals surface area contributed by atoms with Gasteiger partial charge in [0.1, 0.15) is 18.2 Å². The second-order valence-electron chi connectivity index (χ2n) is 6.64. The lowest BCUT2D eigenvalue weighted by Gasteiger charge is -2.08. The molecule has 28 heavy (non-hydrogen) atoms. The van der Waals surface area contributed by atoms with E-state index in [2.05, 4.69) is 5.32 Å². The van der Waals surface area contributed by atoms with Crippen LogP contribution in [0.2, 0.25) is 0 Å². The van der Waals surface area contributed by atoms with E-state index >= 15 is 0 Å². The Morgan fingerprint density at radius 2 is 1.96 bits per heavy atom. The Balaban J connectivity index is 1.97. The fourth-order valence-electron chi connectivity index (χ4n) is 3.14. The number of carbonyl (C=O) groups is 2. The number of benzene rings is 2. The summed E-state index contributed by atoms with van der Waals surface area (Å²) < 4.78 is 1.71. The van der Waals surface area contributed by atoms with Crippen LogP contribution in [0.4, 0.5) is 5.69 Å². The average molecular weight is 372 g/mol. The minimum atomic E-state index is -0.485. The molecule has 0 fully saturated rings. The Hall–Kier alpha value is -3.85. The smallest absolute Gasteiger partial charge is 0.266 e. The lowest BCUT2D eigenvalue weighted by atomic mass is 10.1. The number of nitrogens with one attached hydrogen (secondary N) is 1. The van der Waals surface area contributed by atoms with Gasteiger partial charge in [-0.15, -0.1) is 0 Å². The number of nitriles is 1. The van der Waals surface area contributed by atoms with Gasteiger partial charge in [0, 0.05) is 28.4 Å². The first-order valence-electron chi connectivity index (χ1n) is 8.75. The highest BCUT2D eigenvalue weighted by molar-refractivity contribution is 6.11. The van der Waals surface area contributed by atoms with Crippen LogP contribution >= 0.6 is 0 Å². The Morgan fingerprint density at radius 1 is 1.21 bits per heavy atom. The monoisotopic (exact) mass is 372 g/mol. The van der Waals surface area contributed by atoms with E-state index in [1.54, 1.807) is 10.8 Å². The molecule has 1 aromatic heterocycles. The maximum atomic E-state index is 12.6. The van der Waals surface area contributed by atoms with E-state index in [9.17, 15) is 14.9 Å². The van der Waals surface area contributed by atoms with E-state index < -0.39 is 11.8 Å². The molecule has 0 aliphatic rings. The number of amides is 2. The minimum Gasteiger partial charge on any atom is -0.368 e. The molecule has 0 unspecified atom stereocenters. The first-order chi connectivity index (χ1) is 13.4. The molecule has 0 bridgehead atoms. The summed E-state index contributed by atoms with van der Waals surface area (Å²) in [6.45, 7) is 3.89. The van der Waals surface area contributed by atoms with Crippen molar-refractivity contribution in [2.75, 3.05) is 5.32 Å². The number of anilines is 1. The summed E-state index contributed by atoms with van der Waals surface area (Å²) in [6, 6.07) is 15.1. The number of para-hydroxylation sites is 1. The molecule has 140 valence electrons. The first kappa shape index (κ1) is 18.9. The highest BCUT2D eigenvalue weighted by Gasteiger charge is 2.14. The fourth-order valence-corrected chi connectivity index (χ4v) is 3.14. The molecule has 0 spiro atoms. The zero-order valence-electron chi connectivity index (χ0n) is 15.7. The molecule has 3 rings (SSSR count). The standard InChI is InChI=1S/C22H20N4O2/c1-14-7-8-19(15(2)9-14)25-22(28)16(11-23)10-17-12-26(13-21(24)27)20-6-4-3-5-18(17)20/h3-10,12H,13H2,1-2H3,(H2,24,27)(H,25,28). The maximum Gasteiger partial charge on any atom is 0.266 e. The van der Waals surface area contributed by atoms with Crippen LogP contribution in [-0.4, -0.2) is 16.4 Å². The Labute approximate surface area is 162 Å². The number of carbonyl (C=O) groups excluding carboxylic acids is 2. The second-order valence-corrected chi connectivity index (χ2v) is 6.64. The largest absolute Gasteiger partial charge is 0.368 e. The molecule has 0 radical (unpaired) electrons. The van der Waals surface area contributed by atoms with Gasteiger partial charge in [-0.2, -0.15) is 5.26 Å². The number of rotatable bonds is 5. The average Bonchev–Trinajstić information content (AvgIpc) is 2.99. The van der Waals surface area contributed by atoms with Crippen LogP contribution in [-0.2, 0) is 16.1 Å². The van der Waals surface area contributed by atoms with Gasteiger partial charge in [0.15, 0.2) is 0 Å². The number of aryl methyl sites for hydroxylation is 2. The van der Waals surface area contributed by atoms with Crippen molar-refractivity contribution in [1.29, 1.82) is 5.26 Å².